The van der Waals surface area contributed by atoms with E-state index in [9.17, 15) is 13.2 Å². The second-order valence-electron chi connectivity index (χ2n) is 4.08. The van der Waals surface area contributed by atoms with Gasteiger partial charge in [0.15, 0.2) is 15.5 Å². The summed E-state index contributed by atoms with van der Waals surface area (Å²) in [7, 11) is -3.02. The number of carbonyl (C=O) groups is 1. The molecule has 2 heterocycles. The van der Waals surface area contributed by atoms with Crippen LogP contribution in [0.1, 0.15) is 23.3 Å². The zero-order valence-corrected chi connectivity index (χ0v) is 10.4. The quantitative estimate of drug-likeness (QED) is 0.802. The largest absolute Gasteiger partial charge is 0.477 e. The van der Waals surface area contributed by atoms with Crippen LogP contribution < -0.4 is 5.32 Å². The maximum atomic E-state index is 11.6. The molecule has 8 heteroatoms. The highest BCUT2D eigenvalue weighted by Crippen LogP contribution is 2.19. The normalized spacial score (nSPS) is 21.7. The first-order valence-corrected chi connectivity index (χ1v) is 7.22. The highest BCUT2D eigenvalue weighted by Gasteiger charge is 2.31. The number of carboxylic acid groups (broad SMARTS) is 1. The Morgan fingerprint density at radius 1 is 1.56 bits per heavy atom. The Hall–Kier alpha value is -1.70. The number of nitrogens with one attached hydrogen (secondary N) is 1. The molecule has 7 nitrogen and oxygen atoms in total. The molecule has 0 aromatic carbocycles. The molecule has 0 spiro atoms. The van der Waals surface area contributed by atoms with E-state index in [1.54, 1.807) is 0 Å². The van der Waals surface area contributed by atoms with E-state index in [2.05, 4.69) is 15.3 Å². The number of hydrogen-bond acceptors (Lipinski definition) is 6. The lowest BCUT2D eigenvalue weighted by molar-refractivity contribution is 0.0690. The van der Waals surface area contributed by atoms with E-state index in [0.29, 0.717) is 12.8 Å². The number of hydrogen-bond donors (Lipinski definition) is 2. The van der Waals surface area contributed by atoms with Crippen LogP contribution in [0, 0.1) is 0 Å². The number of anilines is 1. The van der Waals surface area contributed by atoms with E-state index < -0.39 is 21.1 Å². The van der Waals surface area contributed by atoms with Crippen LogP contribution in [-0.2, 0) is 9.84 Å². The Morgan fingerprint density at radius 2 is 2.33 bits per heavy atom. The predicted molar refractivity (Wildman–Crippen MR) is 64.3 cm³/mol. The molecule has 1 aliphatic rings. The van der Waals surface area contributed by atoms with Crippen LogP contribution in [0.15, 0.2) is 12.3 Å². The molecule has 1 atom stereocenters. The van der Waals surface area contributed by atoms with Gasteiger partial charge in [0.05, 0.1) is 11.0 Å². The molecule has 1 fully saturated rings. The van der Waals surface area contributed by atoms with Crippen LogP contribution in [-0.4, -0.2) is 47.0 Å². The van der Waals surface area contributed by atoms with Gasteiger partial charge in [-0.2, -0.15) is 0 Å². The Labute approximate surface area is 104 Å². The molecule has 98 valence electrons. The van der Waals surface area contributed by atoms with Gasteiger partial charge in [0.1, 0.15) is 0 Å². The minimum atomic E-state index is -3.02. The van der Waals surface area contributed by atoms with Crippen LogP contribution in [0.4, 0.5) is 5.95 Å². The first kappa shape index (κ1) is 12.7. The van der Waals surface area contributed by atoms with Gasteiger partial charge in [-0.1, -0.05) is 0 Å². The molecule has 0 bridgehead atoms. The topological polar surface area (TPSA) is 109 Å². The van der Waals surface area contributed by atoms with Crippen LogP contribution in [0.3, 0.4) is 0 Å². The second-order valence-corrected chi connectivity index (χ2v) is 6.48. The summed E-state index contributed by atoms with van der Waals surface area (Å²) >= 11 is 0. The summed E-state index contributed by atoms with van der Waals surface area (Å²) in [5.74, 6) is -0.791. The average molecular weight is 271 g/mol. The van der Waals surface area contributed by atoms with Gasteiger partial charge in [-0.3, -0.25) is 0 Å². The minimum Gasteiger partial charge on any atom is -0.477 e. The lowest BCUT2D eigenvalue weighted by Gasteiger charge is -2.10. The number of sulfone groups is 1. The van der Waals surface area contributed by atoms with Crippen molar-refractivity contribution in [3.63, 3.8) is 0 Å². The van der Waals surface area contributed by atoms with Crippen molar-refractivity contribution in [3.05, 3.63) is 18.0 Å². The van der Waals surface area contributed by atoms with E-state index in [-0.39, 0.29) is 23.9 Å². The molecule has 2 rings (SSSR count). The van der Waals surface area contributed by atoms with Gasteiger partial charge in [0.25, 0.3) is 0 Å². The SMILES string of the molecule is O=C(O)c1ccnc(NCC2CCCS2(=O)=O)n1. The monoisotopic (exact) mass is 271 g/mol. The van der Waals surface area contributed by atoms with Crippen LogP contribution in [0.5, 0.6) is 0 Å². The summed E-state index contributed by atoms with van der Waals surface area (Å²) in [6, 6.07) is 1.28. The standard InChI is InChI=1S/C10H13N3O4S/c14-9(15)8-3-4-11-10(13-8)12-6-7-2-1-5-18(7,16)17/h3-4,7H,1-2,5-6H2,(H,14,15)(H,11,12,13). The van der Waals surface area contributed by atoms with Gasteiger partial charge >= 0.3 is 5.97 Å². The molecule has 0 saturated carbocycles. The molecule has 18 heavy (non-hydrogen) atoms. The predicted octanol–water partition coefficient (Wildman–Crippen LogP) is 0.164. The van der Waals surface area contributed by atoms with Gasteiger partial charge in [0.2, 0.25) is 5.95 Å². The van der Waals surface area contributed by atoms with Gasteiger partial charge in [-0.15, -0.1) is 0 Å². The average Bonchev–Trinajstić information content (AvgIpc) is 2.66. The van der Waals surface area contributed by atoms with Crippen molar-refractivity contribution in [2.75, 3.05) is 17.6 Å². The van der Waals surface area contributed by atoms with Gasteiger partial charge in [-0.25, -0.2) is 23.2 Å². The molecule has 1 aromatic rings. The maximum Gasteiger partial charge on any atom is 0.354 e. The second kappa shape index (κ2) is 4.89. The van der Waals surface area contributed by atoms with E-state index in [1.165, 1.54) is 12.3 Å². The summed E-state index contributed by atoms with van der Waals surface area (Å²) in [5.41, 5.74) is -0.123. The van der Waals surface area contributed by atoms with Crippen molar-refractivity contribution >= 4 is 21.8 Å². The van der Waals surface area contributed by atoms with Gasteiger partial charge in [-0.05, 0) is 18.9 Å². The van der Waals surface area contributed by atoms with Gasteiger partial charge in [0, 0.05) is 12.7 Å². The number of aromatic nitrogens is 2. The van der Waals surface area contributed by atoms with Crippen molar-refractivity contribution < 1.29 is 18.3 Å². The van der Waals surface area contributed by atoms with Crippen LogP contribution >= 0.6 is 0 Å². The molecule has 2 N–H and O–H groups in total. The van der Waals surface area contributed by atoms with Crippen molar-refractivity contribution in [2.24, 2.45) is 0 Å². The first-order chi connectivity index (χ1) is 8.49. The number of rotatable bonds is 4. The number of aromatic carboxylic acids is 1. The number of nitrogens with zero attached hydrogens (tertiary/aromatic N) is 2. The van der Waals surface area contributed by atoms with E-state index >= 15 is 0 Å². The summed E-state index contributed by atoms with van der Waals surface area (Å²) in [6.07, 6.45) is 2.61. The first-order valence-electron chi connectivity index (χ1n) is 5.51. The molecule has 0 radical (unpaired) electrons. The maximum absolute atomic E-state index is 11.6. The molecule has 1 saturated heterocycles. The van der Waals surface area contributed by atoms with Crippen LogP contribution in [0.2, 0.25) is 0 Å². The highest BCUT2D eigenvalue weighted by atomic mass is 32.2. The third kappa shape index (κ3) is 2.76. The third-order valence-electron chi connectivity index (χ3n) is 2.83. The fourth-order valence-electron chi connectivity index (χ4n) is 1.86. The van der Waals surface area contributed by atoms with Crippen molar-refractivity contribution in [1.82, 2.24) is 9.97 Å². The Bertz CT molecular complexity index is 558. The summed E-state index contributed by atoms with van der Waals surface area (Å²) < 4.78 is 23.2. The molecule has 1 unspecified atom stereocenters. The summed E-state index contributed by atoms with van der Waals surface area (Å²) in [5, 5.41) is 11.1. The fraction of sp³-hybridized carbons (Fsp3) is 0.500. The van der Waals surface area contributed by atoms with E-state index in [4.69, 9.17) is 5.11 Å². The smallest absolute Gasteiger partial charge is 0.354 e. The highest BCUT2D eigenvalue weighted by molar-refractivity contribution is 7.92. The molecular weight excluding hydrogens is 258 g/mol. The minimum absolute atomic E-state index is 0.123. The third-order valence-corrected chi connectivity index (χ3v) is 5.10. The van der Waals surface area contributed by atoms with E-state index in [0.717, 1.165) is 0 Å². The Kier molecular flexibility index (Phi) is 3.46. The zero-order chi connectivity index (χ0) is 13.2. The molecule has 1 aromatic heterocycles. The van der Waals surface area contributed by atoms with Crippen LogP contribution in [0.25, 0.3) is 0 Å². The van der Waals surface area contributed by atoms with Crippen molar-refractivity contribution in [3.8, 4) is 0 Å². The Balaban J connectivity index is 2.02. The molecule has 0 amide bonds. The summed E-state index contributed by atoms with van der Waals surface area (Å²) in [6.45, 7) is 0.214. The lowest BCUT2D eigenvalue weighted by Crippen LogP contribution is -2.25. The van der Waals surface area contributed by atoms with Crippen molar-refractivity contribution in [2.45, 2.75) is 18.1 Å². The number of carboxylic acids is 1. The molecule has 1 aliphatic heterocycles. The Morgan fingerprint density at radius 3 is 2.94 bits per heavy atom. The van der Waals surface area contributed by atoms with Crippen molar-refractivity contribution in [1.29, 1.82) is 0 Å². The molecule has 0 aliphatic carbocycles. The van der Waals surface area contributed by atoms with Gasteiger partial charge < -0.3 is 10.4 Å². The summed E-state index contributed by atoms with van der Waals surface area (Å²) in [4.78, 5) is 18.3. The zero-order valence-electron chi connectivity index (χ0n) is 9.54. The lowest BCUT2D eigenvalue weighted by atomic mass is 10.2. The molecular formula is C10H13N3O4S. The fourth-order valence-corrected chi connectivity index (χ4v) is 3.62. The van der Waals surface area contributed by atoms with E-state index in [1.807, 2.05) is 0 Å².